The molecule has 1 heterocycles. The number of carbonyl (C=O) groups is 1. The third-order valence-electron chi connectivity index (χ3n) is 3.48. The minimum Gasteiger partial charge on any atom is -0.468 e. The Bertz CT molecular complexity index is 759. The first-order chi connectivity index (χ1) is 11.2. The van der Waals surface area contributed by atoms with Crippen LogP contribution in [0.25, 0.3) is 0 Å². The van der Waals surface area contributed by atoms with Crippen molar-refractivity contribution in [2.45, 2.75) is 37.3 Å². The number of amides is 1. The number of carbonyl (C=O) groups excluding carboxylic acids is 1. The van der Waals surface area contributed by atoms with Gasteiger partial charge in [0.25, 0.3) is 0 Å². The van der Waals surface area contributed by atoms with E-state index < -0.39 is 15.1 Å². The normalized spacial score (nSPS) is 13.5. The van der Waals surface area contributed by atoms with E-state index >= 15 is 0 Å². The molecule has 0 unspecified atom stereocenters. The number of furan rings is 1. The molecular weight excluding hydrogens is 326 g/mol. The number of benzene rings is 1. The SMILES string of the molecule is CC(C)(C)CC(=O)NC[C@H](c1ccco1)S(=O)(=O)c1ccccc1. The quantitative estimate of drug-likeness (QED) is 0.868. The molecule has 5 nitrogen and oxygen atoms in total. The summed E-state index contributed by atoms with van der Waals surface area (Å²) < 4.78 is 31.1. The van der Waals surface area contributed by atoms with Gasteiger partial charge in [-0.05, 0) is 29.7 Å². The Morgan fingerprint density at radius 3 is 2.33 bits per heavy atom. The molecular formula is C18H23NO4S. The highest BCUT2D eigenvalue weighted by atomic mass is 32.2. The molecule has 1 aromatic carbocycles. The van der Waals surface area contributed by atoms with Crippen LogP contribution in [0.3, 0.4) is 0 Å². The van der Waals surface area contributed by atoms with Gasteiger partial charge in [0.05, 0.1) is 11.2 Å². The molecule has 0 spiro atoms. The highest BCUT2D eigenvalue weighted by Crippen LogP contribution is 2.29. The summed E-state index contributed by atoms with van der Waals surface area (Å²) in [4.78, 5) is 12.3. The fraction of sp³-hybridized carbons (Fsp3) is 0.389. The Morgan fingerprint density at radius 2 is 1.79 bits per heavy atom. The Hall–Kier alpha value is -2.08. The molecule has 130 valence electrons. The van der Waals surface area contributed by atoms with E-state index in [-0.39, 0.29) is 22.8 Å². The summed E-state index contributed by atoms with van der Waals surface area (Å²) >= 11 is 0. The molecule has 1 aromatic heterocycles. The molecule has 0 radical (unpaired) electrons. The van der Waals surface area contributed by atoms with Gasteiger partial charge in [-0.1, -0.05) is 39.0 Å². The number of rotatable bonds is 6. The molecule has 0 aliphatic heterocycles. The van der Waals surface area contributed by atoms with Crippen LogP contribution in [0.2, 0.25) is 0 Å². The van der Waals surface area contributed by atoms with Gasteiger partial charge in [-0.3, -0.25) is 4.79 Å². The van der Waals surface area contributed by atoms with Crippen LogP contribution < -0.4 is 5.32 Å². The third-order valence-corrected chi connectivity index (χ3v) is 5.56. The van der Waals surface area contributed by atoms with Gasteiger partial charge in [0.15, 0.2) is 9.84 Å². The first-order valence-electron chi connectivity index (χ1n) is 7.79. The van der Waals surface area contributed by atoms with Gasteiger partial charge in [0.2, 0.25) is 5.91 Å². The summed E-state index contributed by atoms with van der Waals surface area (Å²) in [6.45, 7) is 5.84. The van der Waals surface area contributed by atoms with Crippen LogP contribution in [0.15, 0.2) is 58.0 Å². The van der Waals surface area contributed by atoms with Crippen molar-refractivity contribution in [2.75, 3.05) is 6.54 Å². The lowest BCUT2D eigenvalue weighted by Gasteiger charge is -2.20. The van der Waals surface area contributed by atoms with Gasteiger partial charge in [-0.2, -0.15) is 0 Å². The van der Waals surface area contributed by atoms with E-state index in [1.807, 2.05) is 20.8 Å². The standard InChI is InChI=1S/C18H23NO4S/c1-18(2,3)12-17(20)19-13-16(15-10-7-11-23-15)24(21,22)14-8-5-4-6-9-14/h4-11,16H,12-13H2,1-3H3,(H,19,20)/t16-/m1/s1. The molecule has 2 aromatic rings. The first-order valence-corrected chi connectivity index (χ1v) is 9.34. The molecule has 6 heteroatoms. The smallest absolute Gasteiger partial charge is 0.220 e. The van der Waals surface area contributed by atoms with Crippen LogP contribution in [0.1, 0.15) is 38.2 Å². The fourth-order valence-corrected chi connectivity index (χ4v) is 3.97. The van der Waals surface area contributed by atoms with Crippen LogP contribution >= 0.6 is 0 Å². The maximum absolute atomic E-state index is 12.9. The van der Waals surface area contributed by atoms with Crippen molar-refractivity contribution in [2.24, 2.45) is 5.41 Å². The average Bonchev–Trinajstić information content (AvgIpc) is 3.00. The largest absolute Gasteiger partial charge is 0.468 e. The zero-order chi connectivity index (χ0) is 17.8. The summed E-state index contributed by atoms with van der Waals surface area (Å²) in [7, 11) is -3.67. The van der Waals surface area contributed by atoms with E-state index in [4.69, 9.17) is 4.42 Å². The molecule has 1 atom stereocenters. The minimum atomic E-state index is -3.67. The molecule has 2 rings (SSSR count). The topological polar surface area (TPSA) is 76.4 Å². The predicted molar refractivity (Wildman–Crippen MR) is 92.2 cm³/mol. The van der Waals surface area contributed by atoms with Crippen LogP contribution in [0.4, 0.5) is 0 Å². The monoisotopic (exact) mass is 349 g/mol. The number of hydrogen-bond donors (Lipinski definition) is 1. The predicted octanol–water partition coefficient (Wildman–Crippen LogP) is 3.35. The van der Waals surface area contributed by atoms with E-state index in [0.717, 1.165) is 0 Å². The molecule has 0 saturated carbocycles. The van der Waals surface area contributed by atoms with E-state index in [0.29, 0.717) is 12.2 Å². The molecule has 0 aliphatic carbocycles. The van der Waals surface area contributed by atoms with Gasteiger partial charge in [0, 0.05) is 13.0 Å². The molecule has 0 aliphatic rings. The lowest BCUT2D eigenvalue weighted by Crippen LogP contribution is -2.33. The maximum Gasteiger partial charge on any atom is 0.220 e. The lowest BCUT2D eigenvalue weighted by molar-refractivity contribution is -0.122. The van der Waals surface area contributed by atoms with Gasteiger partial charge in [-0.25, -0.2) is 8.42 Å². The highest BCUT2D eigenvalue weighted by Gasteiger charge is 2.32. The zero-order valence-electron chi connectivity index (χ0n) is 14.2. The summed E-state index contributed by atoms with van der Waals surface area (Å²) in [6.07, 6.45) is 1.75. The summed E-state index contributed by atoms with van der Waals surface area (Å²) in [5.74, 6) is 0.136. The second kappa shape index (κ2) is 7.21. The number of sulfone groups is 1. The second-order valence-electron chi connectivity index (χ2n) is 6.90. The Morgan fingerprint density at radius 1 is 1.12 bits per heavy atom. The fourth-order valence-electron chi connectivity index (χ4n) is 2.36. The van der Waals surface area contributed by atoms with Crippen LogP contribution in [0, 0.1) is 5.41 Å². The van der Waals surface area contributed by atoms with E-state index in [1.165, 1.54) is 6.26 Å². The van der Waals surface area contributed by atoms with Gasteiger partial charge in [0.1, 0.15) is 11.0 Å². The average molecular weight is 349 g/mol. The molecule has 0 saturated heterocycles. The second-order valence-corrected chi connectivity index (χ2v) is 9.03. The molecule has 1 amide bonds. The van der Waals surface area contributed by atoms with Crippen molar-refractivity contribution in [1.82, 2.24) is 5.32 Å². The summed E-state index contributed by atoms with van der Waals surface area (Å²) in [6, 6.07) is 11.4. The minimum absolute atomic E-state index is 0.0281. The molecule has 24 heavy (non-hydrogen) atoms. The summed E-state index contributed by atoms with van der Waals surface area (Å²) in [5, 5.41) is 1.77. The van der Waals surface area contributed by atoms with Crippen molar-refractivity contribution in [3.05, 3.63) is 54.5 Å². The van der Waals surface area contributed by atoms with Crippen molar-refractivity contribution in [1.29, 1.82) is 0 Å². The van der Waals surface area contributed by atoms with Crippen LogP contribution in [-0.4, -0.2) is 20.9 Å². The number of nitrogens with one attached hydrogen (secondary N) is 1. The molecule has 0 fully saturated rings. The van der Waals surface area contributed by atoms with Gasteiger partial charge < -0.3 is 9.73 Å². The van der Waals surface area contributed by atoms with Gasteiger partial charge >= 0.3 is 0 Å². The van der Waals surface area contributed by atoms with Crippen molar-refractivity contribution >= 4 is 15.7 Å². The Balaban J connectivity index is 2.23. The zero-order valence-corrected chi connectivity index (χ0v) is 15.0. The van der Waals surface area contributed by atoms with Crippen molar-refractivity contribution in [3.8, 4) is 0 Å². The molecule has 1 N–H and O–H groups in total. The maximum atomic E-state index is 12.9. The number of hydrogen-bond acceptors (Lipinski definition) is 4. The van der Waals surface area contributed by atoms with Crippen molar-refractivity contribution < 1.29 is 17.6 Å². The lowest BCUT2D eigenvalue weighted by atomic mass is 9.92. The van der Waals surface area contributed by atoms with Crippen molar-refractivity contribution in [3.63, 3.8) is 0 Å². The van der Waals surface area contributed by atoms with Crippen LogP contribution in [-0.2, 0) is 14.6 Å². The Kier molecular flexibility index (Phi) is 5.49. The van der Waals surface area contributed by atoms with E-state index in [2.05, 4.69) is 5.32 Å². The molecule has 0 bridgehead atoms. The highest BCUT2D eigenvalue weighted by molar-refractivity contribution is 7.91. The first kappa shape index (κ1) is 18.3. The summed E-state index contributed by atoms with van der Waals surface area (Å²) in [5.41, 5.74) is -0.164. The third kappa shape index (κ3) is 4.71. The Labute approximate surface area is 143 Å². The van der Waals surface area contributed by atoms with E-state index in [9.17, 15) is 13.2 Å². The van der Waals surface area contributed by atoms with Gasteiger partial charge in [-0.15, -0.1) is 0 Å². The van der Waals surface area contributed by atoms with E-state index in [1.54, 1.807) is 42.5 Å². The van der Waals surface area contributed by atoms with Crippen LogP contribution in [0.5, 0.6) is 0 Å².